The Labute approximate surface area is 188 Å². The zero-order valence-corrected chi connectivity index (χ0v) is 17.9. The predicted molar refractivity (Wildman–Crippen MR) is 125 cm³/mol. The van der Waals surface area contributed by atoms with Crippen molar-refractivity contribution in [2.24, 2.45) is 0 Å². The summed E-state index contributed by atoms with van der Waals surface area (Å²) >= 11 is 1.47. The second-order valence-electron chi connectivity index (χ2n) is 7.51. The number of imide groups is 1. The molecule has 1 saturated heterocycles. The highest BCUT2D eigenvalue weighted by atomic mass is 32.1. The van der Waals surface area contributed by atoms with Crippen molar-refractivity contribution >= 4 is 50.1 Å². The number of hydrogen-bond donors (Lipinski definition) is 0. The van der Waals surface area contributed by atoms with Gasteiger partial charge in [0, 0.05) is 18.4 Å². The van der Waals surface area contributed by atoms with Gasteiger partial charge in [0.05, 0.1) is 22.4 Å². The Morgan fingerprint density at radius 3 is 2.22 bits per heavy atom. The molecule has 158 valence electrons. The molecule has 0 aliphatic carbocycles. The number of para-hydroxylation sites is 1. The molecule has 3 aromatic carbocycles. The quantitative estimate of drug-likeness (QED) is 0.417. The highest BCUT2D eigenvalue weighted by Crippen LogP contribution is 2.31. The molecule has 7 heteroatoms. The number of amides is 3. The van der Waals surface area contributed by atoms with Gasteiger partial charge in [-0.25, -0.2) is 4.98 Å². The van der Waals surface area contributed by atoms with Crippen LogP contribution in [0.15, 0.2) is 78.9 Å². The highest BCUT2D eigenvalue weighted by Gasteiger charge is 2.30. The van der Waals surface area contributed by atoms with Gasteiger partial charge in [-0.15, -0.1) is 0 Å². The van der Waals surface area contributed by atoms with Crippen molar-refractivity contribution in [3.63, 3.8) is 0 Å². The first kappa shape index (κ1) is 20.1. The van der Waals surface area contributed by atoms with Gasteiger partial charge < -0.3 is 0 Å². The molecule has 4 aromatic rings. The number of hydrogen-bond acceptors (Lipinski definition) is 5. The van der Waals surface area contributed by atoms with E-state index in [1.807, 2.05) is 54.6 Å². The van der Waals surface area contributed by atoms with Crippen molar-refractivity contribution in [1.82, 2.24) is 4.98 Å². The number of aromatic nitrogens is 1. The van der Waals surface area contributed by atoms with Crippen LogP contribution in [0.3, 0.4) is 0 Å². The van der Waals surface area contributed by atoms with E-state index in [9.17, 15) is 14.4 Å². The van der Waals surface area contributed by atoms with E-state index in [0.717, 1.165) is 15.8 Å². The number of nitrogens with zero attached hydrogens (tertiary/aromatic N) is 3. The number of fused-ring (bicyclic) bond motifs is 1. The van der Waals surface area contributed by atoms with Crippen LogP contribution in [-0.4, -0.2) is 22.7 Å². The maximum Gasteiger partial charge on any atom is 0.260 e. The van der Waals surface area contributed by atoms with Crippen LogP contribution < -0.4 is 9.80 Å². The van der Waals surface area contributed by atoms with E-state index in [2.05, 4.69) is 4.98 Å². The summed E-state index contributed by atoms with van der Waals surface area (Å²) in [5.74, 6) is -0.623. The van der Waals surface area contributed by atoms with Crippen LogP contribution in [0.5, 0.6) is 0 Å². The van der Waals surface area contributed by atoms with Crippen LogP contribution in [-0.2, 0) is 16.1 Å². The standard InChI is InChI=1S/C25H19N3O3S/c29-22-14-15-23(30)28(22)19-12-10-18(11-13-19)24(31)27(16-17-6-2-1-3-7-17)25-26-20-8-4-5-9-21(20)32-25/h1-13H,14-16H2. The molecule has 0 saturated carbocycles. The van der Waals surface area contributed by atoms with E-state index >= 15 is 0 Å². The highest BCUT2D eigenvalue weighted by molar-refractivity contribution is 7.22. The van der Waals surface area contributed by atoms with Gasteiger partial charge in [0.2, 0.25) is 11.8 Å². The zero-order chi connectivity index (χ0) is 22.1. The molecule has 1 aliphatic heterocycles. The van der Waals surface area contributed by atoms with Crippen molar-refractivity contribution in [1.29, 1.82) is 0 Å². The fourth-order valence-electron chi connectivity index (χ4n) is 3.74. The minimum atomic E-state index is -0.214. The predicted octanol–water partition coefficient (Wildman–Crippen LogP) is 4.80. The second kappa shape index (κ2) is 8.36. The van der Waals surface area contributed by atoms with Crippen LogP contribution in [0, 0.1) is 0 Å². The van der Waals surface area contributed by atoms with E-state index in [0.29, 0.717) is 22.9 Å². The Morgan fingerprint density at radius 1 is 0.875 bits per heavy atom. The summed E-state index contributed by atoms with van der Waals surface area (Å²) in [7, 11) is 0. The smallest absolute Gasteiger partial charge is 0.260 e. The zero-order valence-electron chi connectivity index (χ0n) is 17.1. The van der Waals surface area contributed by atoms with E-state index < -0.39 is 0 Å². The molecular formula is C25H19N3O3S. The molecule has 32 heavy (non-hydrogen) atoms. The summed E-state index contributed by atoms with van der Waals surface area (Å²) in [5.41, 5.74) is 2.79. The van der Waals surface area contributed by atoms with Crippen LogP contribution in [0.25, 0.3) is 10.2 Å². The molecule has 1 aromatic heterocycles. The largest absolute Gasteiger partial charge is 0.279 e. The molecule has 0 atom stereocenters. The fraction of sp³-hybridized carbons (Fsp3) is 0.120. The normalized spacial score (nSPS) is 13.7. The Morgan fingerprint density at radius 2 is 1.53 bits per heavy atom. The molecule has 0 bridgehead atoms. The topological polar surface area (TPSA) is 70.6 Å². The average Bonchev–Trinajstić information content (AvgIpc) is 3.40. The molecule has 0 unspecified atom stereocenters. The third-order valence-electron chi connectivity index (χ3n) is 5.37. The number of benzene rings is 3. The van der Waals surface area contributed by atoms with Crippen molar-refractivity contribution < 1.29 is 14.4 Å². The third-order valence-corrected chi connectivity index (χ3v) is 6.43. The van der Waals surface area contributed by atoms with Crippen molar-refractivity contribution in [3.05, 3.63) is 90.0 Å². The number of rotatable bonds is 5. The van der Waals surface area contributed by atoms with Gasteiger partial charge in [0.15, 0.2) is 5.13 Å². The summed E-state index contributed by atoms with van der Waals surface area (Å²) in [5, 5.41) is 0.619. The molecule has 0 radical (unpaired) electrons. The molecule has 0 N–H and O–H groups in total. The molecule has 2 heterocycles. The maximum atomic E-state index is 13.5. The SMILES string of the molecule is O=C(c1ccc(N2C(=O)CCC2=O)cc1)N(Cc1ccccc1)c1nc2ccccc2s1. The van der Waals surface area contributed by atoms with Crippen LogP contribution in [0.1, 0.15) is 28.8 Å². The van der Waals surface area contributed by atoms with Crippen molar-refractivity contribution in [2.75, 3.05) is 9.80 Å². The van der Waals surface area contributed by atoms with Crippen LogP contribution in [0.2, 0.25) is 0 Å². The lowest BCUT2D eigenvalue weighted by Gasteiger charge is -2.21. The lowest BCUT2D eigenvalue weighted by atomic mass is 10.1. The van der Waals surface area contributed by atoms with Gasteiger partial charge in [-0.2, -0.15) is 0 Å². The summed E-state index contributed by atoms with van der Waals surface area (Å²) in [6.45, 7) is 0.379. The number of thiazole rings is 1. The van der Waals surface area contributed by atoms with Crippen molar-refractivity contribution in [3.8, 4) is 0 Å². The van der Waals surface area contributed by atoms with Gasteiger partial charge in [-0.1, -0.05) is 53.8 Å². The van der Waals surface area contributed by atoms with Gasteiger partial charge >= 0.3 is 0 Å². The lowest BCUT2D eigenvalue weighted by Crippen LogP contribution is -2.31. The first-order valence-corrected chi connectivity index (χ1v) is 11.1. The average molecular weight is 442 g/mol. The first-order chi connectivity index (χ1) is 15.6. The molecule has 3 amide bonds. The molecule has 6 nitrogen and oxygen atoms in total. The van der Waals surface area contributed by atoms with Gasteiger partial charge in [-0.05, 0) is 42.0 Å². The summed E-state index contributed by atoms with van der Waals surface area (Å²) < 4.78 is 1.01. The van der Waals surface area contributed by atoms with Gasteiger partial charge in [-0.3, -0.25) is 24.2 Å². The van der Waals surface area contributed by atoms with Crippen molar-refractivity contribution in [2.45, 2.75) is 19.4 Å². The van der Waals surface area contributed by atoms with E-state index in [1.165, 1.54) is 16.2 Å². The third kappa shape index (κ3) is 3.78. The summed E-state index contributed by atoms with van der Waals surface area (Å²) in [4.78, 5) is 45.1. The van der Waals surface area contributed by atoms with E-state index in [-0.39, 0.29) is 30.6 Å². The van der Waals surface area contributed by atoms with Crippen LogP contribution >= 0.6 is 11.3 Å². The Hall–Kier alpha value is -3.84. The Kier molecular flexibility index (Phi) is 5.25. The molecule has 1 aliphatic rings. The molecular weight excluding hydrogens is 422 g/mol. The molecule has 1 fully saturated rings. The minimum absolute atomic E-state index is 0.196. The minimum Gasteiger partial charge on any atom is -0.279 e. The Bertz CT molecular complexity index is 1270. The maximum absolute atomic E-state index is 13.5. The van der Waals surface area contributed by atoms with E-state index in [1.54, 1.807) is 29.2 Å². The monoisotopic (exact) mass is 441 g/mol. The number of anilines is 2. The molecule has 5 rings (SSSR count). The fourth-order valence-corrected chi connectivity index (χ4v) is 4.70. The summed E-state index contributed by atoms with van der Waals surface area (Å²) in [6.07, 6.45) is 0.448. The number of carbonyl (C=O) groups is 3. The lowest BCUT2D eigenvalue weighted by molar-refractivity contribution is -0.121. The number of carbonyl (C=O) groups excluding carboxylic acids is 3. The van der Waals surface area contributed by atoms with Crippen LogP contribution in [0.4, 0.5) is 10.8 Å². The van der Waals surface area contributed by atoms with E-state index in [4.69, 9.17) is 0 Å². The van der Waals surface area contributed by atoms with Gasteiger partial charge in [0.1, 0.15) is 0 Å². The molecule has 0 spiro atoms. The first-order valence-electron chi connectivity index (χ1n) is 10.3. The van der Waals surface area contributed by atoms with Gasteiger partial charge in [0.25, 0.3) is 5.91 Å². The Balaban J connectivity index is 1.48. The summed E-state index contributed by atoms with van der Waals surface area (Å²) in [6, 6.07) is 24.2. The second-order valence-corrected chi connectivity index (χ2v) is 8.52.